The number of likely N-dealkylation sites (tertiary alicyclic amines) is 1. The maximum atomic E-state index is 12.8. The Hall–Kier alpha value is -1.37. The van der Waals surface area contributed by atoms with Crippen LogP contribution in [-0.2, 0) is 16.0 Å². The van der Waals surface area contributed by atoms with E-state index in [4.69, 9.17) is 11.6 Å². The second-order valence-corrected chi connectivity index (χ2v) is 7.49. The van der Waals surface area contributed by atoms with Crippen LogP contribution in [0.3, 0.4) is 0 Å². The average Bonchev–Trinajstić information content (AvgIpc) is 3.09. The van der Waals surface area contributed by atoms with E-state index in [9.17, 15) is 9.59 Å². The van der Waals surface area contributed by atoms with Gasteiger partial charge in [0.2, 0.25) is 11.8 Å². The number of hydrogen-bond acceptors (Lipinski definition) is 4. The lowest BCUT2D eigenvalue weighted by atomic mass is 9.98. The number of halogens is 2. The van der Waals surface area contributed by atoms with Crippen molar-refractivity contribution in [1.82, 2.24) is 15.2 Å². The molecule has 142 valence electrons. The molecule has 3 rings (SSSR count). The molecule has 5 nitrogen and oxygen atoms in total. The first-order chi connectivity index (χ1) is 12.2. The lowest BCUT2D eigenvalue weighted by Gasteiger charge is -2.36. The van der Waals surface area contributed by atoms with E-state index in [-0.39, 0.29) is 36.1 Å². The number of alkyl halides is 1. The van der Waals surface area contributed by atoms with Gasteiger partial charge in [-0.15, -0.1) is 35.3 Å². The largest absolute Gasteiger partial charge is 0.355 e. The summed E-state index contributed by atoms with van der Waals surface area (Å²) in [5, 5.41) is 2.79. The van der Waals surface area contributed by atoms with Gasteiger partial charge in [-0.3, -0.25) is 9.59 Å². The third kappa shape index (κ3) is 5.32. The molecule has 1 aliphatic heterocycles. The molecular weight excluding hydrogens is 393 g/mol. The minimum atomic E-state index is -0.159. The molecule has 1 N–H and O–H groups in total. The van der Waals surface area contributed by atoms with Gasteiger partial charge in [-0.05, 0) is 43.4 Å². The lowest BCUT2D eigenvalue weighted by molar-refractivity contribution is -0.134. The molecule has 0 aliphatic carbocycles. The molecule has 1 aromatic heterocycles. The minimum absolute atomic E-state index is 0. The first kappa shape index (κ1) is 20.9. The Labute approximate surface area is 168 Å². The van der Waals surface area contributed by atoms with E-state index in [1.165, 1.54) is 0 Å². The Morgan fingerprint density at radius 1 is 1.35 bits per heavy atom. The molecule has 0 saturated carbocycles. The number of carbonyl (C=O) groups is 2. The molecule has 1 aromatic carbocycles. The SMILES string of the molecule is Cl.O=C(CCl)NCCC1CCCCN1C(=O)Cc1ccc2ncsc2c1. The molecule has 0 spiro atoms. The summed E-state index contributed by atoms with van der Waals surface area (Å²) in [7, 11) is 0. The number of nitrogens with zero attached hydrogens (tertiary/aromatic N) is 2. The Morgan fingerprint density at radius 2 is 2.19 bits per heavy atom. The summed E-state index contributed by atoms with van der Waals surface area (Å²) in [6, 6.07) is 6.22. The molecule has 2 amide bonds. The van der Waals surface area contributed by atoms with E-state index in [0.717, 1.165) is 48.0 Å². The zero-order valence-electron chi connectivity index (χ0n) is 14.4. The molecule has 1 fully saturated rings. The van der Waals surface area contributed by atoms with Crippen molar-refractivity contribution in [3.63, 3.8) is 0 Å². The van der Waals surface area contributed by atoms with Gasteiger partial charge in [-0.1, -0.05) is 6.07 Å². The van der Waals surface area contributed by atoms with Crippen LogP contribution < -0.4 is 5.32 Å². The van der Waals surface area contributed by atoms with Crippen LogP contribution in [0.25, 0.3) is 10.2 Å². The number of rotatable bonds is 6. The molecule has 1 aliphatic rings. The first-order valence-electron chi connectivity index (χ1n) is 8.61. The molecule has 1 saturated heterocycles. The summed E-state index contributed by atoms with van der Waals surface area (Å²) < 4.78 is 1.12. The van der Waals surface area contributed by atoms with E-state index >= 15 is 0 Å². The normalized spacial score (nSPS) is 17.0. The average molecular weight is 416 g/mol. The highest BCUT2D eigenvalue weighted by molar-refractivity contribution is 7.16. The summed E-state index contributed by atoms with van der Waals surface area (Å²) >= 11 is 7.09. The van der Waals surface area contributed by atoms with Gasteiger partial charge < -0.3 is 10.2 Å². The third-order valence-corrected chi connectivity index (χ3v) is 5.65. The fraction of sp³-hybridized carbons (Fsp3) is 0.500. The Kier molecular flexibility index (Phi) is 8.13. The van der Waals surface area contributed by atoms with Crippen molar-refractivity contribution in [3.05, 3.63) is 29.3 Å². The van der Waals surface area contributed by atoms with Crippen LogP contribution in [-0.4, -0.2) is 46.7 Å². The quantitative estimate of drug-likeness (QED) is 0.735. The second-order valence-electron chi connectivity index (χ2n) is 6.34. The van der Waals surface area contributed by atoms with Crippen molar-refractivity contribution < 1.29 is 9.59 Å². The van der Waals surface area contributed by atoms with Crippen molar-refractivity contribution in [2.75, 3.05) is 19.0 Å². The van der Waals surface area contributed by atoms with Crippen molar-refractivity contribution in [2.24, 2.45) is 0 Å². The number of nitrogens with one attached hydrogen (secondary N) is 1. The van der Waals surface area contributed by atoms with E-state index < -0.39 is 0 Å². The fourth-order valence-electron chi connectivity index (χ4n) is 3.34. The van der Waals surface area contributed by atoms with Gasteiger partial charge in [0, 0.05) is 19.1 Å². The van der Waals surface area contributed by atoms with Gasteiger partial charge >= 0.3 is 0 Å². The monoisotopic (exact) mass is 415 g/mol. The number of benzene rings is 1. The Bertz CT molecular complexity index is 753. The van der Waals surface area contributed by atoms with E-state index in [1.807, 2.05) is 22.5 Å². The van der Waals surface area contributed by atoms with Crippen molar-refractivity contribution in [3.8, 4) is 0 Å². The highest BCUT2D eigenvalue weighted by atomic mass is 35.5. The lowest BCUT2D eigenvalue weighted by Crippen LogP contribution is -2.46. The number of thiazole rings is 1. The third-order valence-electron chi connectivity index (χ3n) is 4.62. The van der Waals surface area contributed by atoms with E-state index in [1.54, 1.807) is 11.3 Å². The van der Waals surface area contributed by atoms with Crippen molar-refractivity contribution >= 4 is 57.4 Å². The second kappa shape index (κ2) is 10.1. The predicted molar refractivity (Wildman–Crippen MR) is 108 cm³/mol. The number of piperidine rings is 1. The van der Waals surface area contributed by atoms with Crippen LogP contribution in [0.15, 0.2) is 23.7 Å². The van der Waals surface area contributed by atoms with Gasteiger partial charge in [-0.2, -0.15) is 0 Å². The molecule has 1 atom stereocenters. The van der Waals surface area contributed by atoms with Gasteiger partial charge in [-0.25, -0.2) is 4.98 Å². The molecule has 8 heteroatoms. The summed E-state index contributed by atoms with van der Waals surface area (Å²) in [5.74, 6) is -0.0154. The number of amides is 2. The molecule has 26 heavy (non-hydrogen) atoms. The Morgan fingerprint density at radius 3 is 3.00 bits per heavy atom. The van der Waals surface area contributed by atoms with E-state index in [0.29, 0.717) is 13.0 Å². The standard InChI is InChI=1S/C18H22ClN3O2S.ClH/c19-11-17(23)20-7-6-14-3-1-2-8-22(14)18(24)10-13-4-5-15-16(9-13)25-12-21-15;/h4-5,9,12,14H,1-3,6-8,10-11H2,(H,20,23);1H. The zero-order valence-corrected chi connectivity index (χ0v) is 16.8. The van der Waals surface area contributed by atoms with Gasteiger partial charge in [0.15, 0.2) is 0 Å². The highest BCUT2D eigenvalue weighted by Crippen LogP contribution is 2.23. The maximum absolute atomic E-state index is 12.8. The van der Waals surface area contributed by atoms with Crippen LogP contribution in [0.4, 0.5) is 0 Å². The van der Waals surface area contributed by atoms with Crippen LogP contribution in [0.1, 0.15) is 31.2 Å². The number of fused-ring (bicyclic) bond motifs is 1. The van der Waals surface area contributed by atoms with Gasteiger partial charge in [0.05, 0.1) is 22.1 Å². The topological polar surface area (TPSA) is 62.3 Å². The molecular formula is C18H23Cl2N3O2S. The number of hydrogen-bond donors (Lipinski definition) is 1. The number of carbonyl (C=O) groups excluding carboxylic acids is 2. The summed E-state index contributed by atoms with van der Waals surface area (Å²) in [6.45, 7) is 1.36. The smallest absolute Gasteiger partial charge is 0.234 e. The minimum Gasteiger partial charge on any atom is -0.355 e. The Balaban J connectivity index is 0.00000243. The summed E-state index contributed by atoms with van der Waals surface area (Å²) in [4.78, 5) is 30.3. The molecule has 2 aromatic rings. The fourth-order valence-corrected chi connectivity index (χ4v) is 4.18. The van der Waals surface area contributed by atoms with Crippen LogP contribution in [0, 0.1) is 0 Å². The van der Waals surface area contributed by atoms with Crippen molar-refractivity contribution in [2.45, 2.75) is 38.1 Å². The predicted octanol–water partition coefficient (Wildman–Crippen LogP) is 3.39. The molecule has 0 radical (unpaired) electrons. The summed E-state index contributed by atoms with van der Waals surface area (Å²) in [5.41, 5.74) is 3.83. The highest BCUT2D eigenvalue weighted by Gasteiger charge is 2.26. The molecule has 0 bridgehead atoms. The molecule has 1 unspecified atom stereocenters. The van der Waals surface area contributed by atoms with Gasteiger partial charge in [0.25, 0.3) is 0 Å². The van der Waals surface area contributed by atoms with Gasteiger partial charge in [0.1, 0.15) is 5.88 Å². The van der Waals surface area contributed by atoms with E-state index in [2.05, 4.69) is 16.4 Å². The van der Waals surface area contributed by atoms with Crippen LogP contribution >= 0.6 is 35.3 Å². The molecule has 2 heterocycles. The summed E-state index contributed by atoms with van der Waals surface area (Å²) in [6.07, 6.45) is 4.37. The number of aromatic nitrogens is 1. The zero-order chi connectivity index (χ0) is 17.6. The van der Waals surface area contributed by atoms with Crippen molar-refractivity contribution in [1.29, 1.82) is 0 Å². The van der Waals surface area contributed by atoms with Crippen LogP contribution in [0.5, 0.6) is 0 Å². The van der Waals surface area contributed by atoms with Crippen LogP contribution in [0.2, 0.25) is 0 Å². The maximum Gasteiger partial charge on any atom is 0.234 e. The first-order valence-corrected chi connectivity index (χ1v) is 10.0.